The minimum absolute atomic E-state index is 0. The Morgan fingerprint density at radius 2 is 0.491 bits per heavy atom. The zero-order valence-corrected chi connectivity index (χ0v) is 72.0. The minimum atomic E-state index is 0. The SMILES string of the molecule is Cc1nnc(-c2[c-]cc(-c3ccccc3)cc2)n1-c1ccccc1.Cc1nnc(-c2[c-]cc(N(c3ccccc3)c3ccccc3)cc2)n1-c1ccccc1.Cc1nnc(-c2[c-]ccc(-c3ccccc3)c2)n1-c1ccccc1.Cc1nnc(-c2[c-]ccc(N(c3ccccc3)c3ccccc3)c2)n1-c1ccccc1.[Ir].[Ir].[Ir].[Ir]. The Kier molecular flexibility index (Phi) is 29.3. The number of rotatable bonds is 16. The summed E-state index contributed by atoms with van der Waals surface area (Å²) < 4.78 is 8.22. The average molecular weight is 2190 g/mol. The summed E-state index contributed by atoms with van der Waals surface area (Å²) >= 11 is 0. The molecule has 18 heteroatoms. The van der Waals surface area contributed by atoms with Crippen LogP contribution in [0.3, 0.4) is 0 Å². The van der Waals surface area contributed by atoms with Gasteiger partial charge in [0.1, 0.15) is 23.3 Å². The van der Waals surface area contributed by atoms with E-state index >= 15 is 0 Å². The van der Waals surface area contributed by atoms with E-state index in [4.69, 9.17) is 0 Å². The van der Waals surface area contributed by atoms with Gasteiger partial charge in [-0.2, -0.15) is 20.4 Å². The summed E-state index contributed by atoms with van der Waals surface area (Å²) in [5.74, 6) is 6.55. The molecule has 0 saturated carbocycles. The van der Waals surface area contributed by atoms with Gasteiger partial charge in [0.25, 0.3) is 0 Å². The monoisotopic (exact) mass is 2190 g/mol. The fourth-order valence-corrected chi connectivity index (χ4v) is 13.1. The van der Waals surface area contributed by atoms with Gasteiger partial charge in [-0.15, -0.1) is 145 Å². The van der Waals surface area contributed by atoms with Crippen molar-refractivity contribution < 1.29 is 80.4 Å². The van der Waals surface area contributed by atoms with Gasteiger partial charge in [0.15, 0.2) is 0 Å². The van der Waals surface area contributed by atoms with Gasteiger partial charge in [0.2, 0.25) is 0 Å². The Balaban J connectivity index is 0.000000149. The molecule has 0 saturated heterocycles. The molecular weight excluding hydrogens is 2120 g/mol. The van der Waals surface area contributed by atoms with Gasteiger partial charge in [-0.1, -0.05) is 217 Å². The van der Waals surface area contributed by atoms with Gasteiger partial charge in [-0.05, 0) is 142 Å². The molecule has 4 heterocycles. The number of hydrogen-bond donors (Lipinski definition) is 0. The van der Waals surface area contributed by atoms with E-state index in [1.807, 2.05) is 196 Å². The number of para-hydroxylation sites is 8. The topological polar surface area (TPSA) is 129 Å². The second-order valence-corrected chi connectivity index (χ2v) is 25.6. The van der Waals surface area contributed by atoms with Crippen LogP contribution >= 0.6 is 0 Å². The van der Waals surface area contributed by atoms with Crippen LogP contribution in [0.1, 0.15) is 23.3 Å². The summed E-state index contributed by atoms with van der Waals surface area (Å²) in [4.78, 5) is 4.45. The summed E-state index contributed by atoms with van der Waals surface area (Å²) in [6.07, 6.45) is 0. The van der Waals surface area contributed by atoms with Crippen LogP contribution in [0.5, 0.6) is 0 Å². The first kappa shape index (κ1) is 82.8. The maximum atomic E-state index is 4.47. The standard InChI is InChI=1S/2C27H21N4.2C21H16N3.4Ir/c1-21-28-29-27(30(21)23-13-5-2-6-14-23)22-12-11-19-26(20-22)31(24-15-7-3-8-16-24)25-17-9-4-10-18-25;1-21-28-29-27(30(21)23-11-5-2-6-12-23)22-17-19-26(20-18-22)31(24-13-7-3-8-14-24)25-15-9-4-10-16-25;1-16-22-23-21(24(16)20-13-6-3-7-14-20)19-12-8-11-18(15-19)17-9-4-2-5-10-17;1-16-22-23-21(24(16)20-10-6-3-7-11-20)19-14-12-18(13-15-19)17-8-4-2-5-9-17;;;;/h2-11,13-20H,1H3;2-17,19-20H,1H3;2-11,13-15H,1H3;2-14H,1H3;;;;/q4*-1;;;;. The second kappa shape index (κ2) is 40.3. The van der Waals surface area contributed by atoms with E-state index in [1.54, 1.807) is 0 Å². The van der Waals surface area contributed by atoms with Gasteiger partial charge < -0.3 is 28.1 Å². The van der Waals surface area contributed by atoms with Crippen LogP contribution < -0.4 is 9.80 Å². The minimum Gasteiger partial charge on any atom is -0.352 e. The zero-order valence-electron chi connectivity index (χ0n) is 62.4. The molecule has 14 aromatic carbocycles. The van der Waals surface area contributed by atoms with Crippen molar-refractivity contribution in [2.75, 3.05) is 9.80 Å². The third kappa shape index (κ3) is 19.5. The molecule has 0 unspecified atom stereocenters. The average Bonchev–Trinajstić information content (AvgIpc) is 1.65. The van der Waals surface area contributed by atoms with E-state index in [2.05, 4.69) is 301 Å². The summed E-state index contributed by atoms with van der Waals surface area (Å²) in [5, 5.41) is 34.8. The summed E-state index contributed by atoms with van der Waals surface area (Å²) in [5.41, 5.74) is 18.9. The molecule has 0 atom stereocenters. The van der Waals surface area contributed by atoms with Crippen molar-refractivity contribution in [1.29, 1.82) is 0 Å². The molecule has 14 nitrogen and oxygen atoms in total. The summed E-state index contributed by atoms with van der Waals surface area (Å²) in [6.45, 7) is 7.85. The molecule has 0 aliphatic rings. The fourth-order valence-electron chi connectivity index (χ4n) is 13.1. The molecule has 0 spiro atoms. The van der Waals surface area contributed by atoms with E-state index in [-0.39, 0.29) is 80.4 Å². The largest absolute Gasteiger partial charge is 0.352 e. The molecule has 0 amide bonds. The van der Waals surface area contributed by atoms with Crippen LogP contribution in [0.4, 0.5) is 34.1 Å². The van der Waals surface area contributed by atoms with Crippen LogP contribution in [-0.2, 0) is 80.4 Å². The third-order valence-electron chi connectivity index (χ3n) is 18.3. The van der Waals surface area contributed by atoms with Crippen molar-refractivity contribution in [1.82, 2.24) is 59.1 Å². The second-order valence-electron chi connectivity index (χ2n) is 25.6. The van der Waals surface area contributed by atoms with Crippen LogP contribution in [0.2, 0.25) is 0 Å². The first-order valence-corrected chi connectivity index (χ1v) is 36.2. The van der Waals surface area contributed by atoms with Crippen molar-refractivity contribution in [3.63, 3.8) is 0 Å². The molecule has 114 heavy (non-hydrogen) atoms. The number of aryl methyl sites for hydroxylation is 4. The Bertz CT molecular complexity index is 5850. The van der Waals surface area contributed by atoms with Crippen molar-refractivity contribution in [3.05, 3.63) is 424 Å². The number of nitrogens with zero attached hydrogens (tertiary/aromatic N) is 14. The molecule has 568 valence electrons. The molecule has 18 rings (SSSR count). The van der Waals surface area contributed by atoms with Crippen LogP contribution in [-0.4, -0.2) is 59.1 Å². The van der Waals surface area contributed by atoms with Crippen molar-refractivity contribution >= 4 is 34.1 Å². The molecule has 0 aliphatic carbocycles. The van der Waals surface area contributed by atoms with E-state index in [9.17, 15) is 0 Å². The summed E-state index contributed by atoms with van der Waals surface area (Å²) in [6, 6.07) is 141. The number of anilines is 6. The molecule has 0 aliphatic heterocycles. The summed E-state index contributed by atoms with van der Waals surface area (Å²) in [7, 11) is 0. The zero-order chi connectivity index (χ0) is 74.8. The Labute approximate surface area is 719 Å². The van der Waals surface area contributed by atoms with Crippen LogP contribution in [0.15, 0.2) is 376 Å². The van der Waals surface area contributed by atoms with E-state index in [0.717, 1.165) is 137 Å². The van der Waals surface area contributed by atoms with Crippen LogP contribution in [0, 0.1) is 52.0 Å². The van der Waals surface area contributed by atoms with Crippen molar-refractivity contribution in [2.45, 2.75) is 27.7 Å². The molecule has 0 bridgehead atoms. The van der Waals surface area contributed by atoms with Crippen molar-refractivity contribution in [3.8, 4) is 90.6 Å². The number of hydrogen-bond acceptors (Lipinski definition) is 10. The predicted molar refractivity (Wildman–Crippen MR) is 442 cm³/mol. The molecule has 4 radical (unpaired) electrons. The first-order valence-electron chi connectivity index (χ1n) is 36.2. The van der Waals surface area contributed by atoms with Crippen molar-refractivity contribution in [2.24, 2.45) is 0 Å². The smallest absolute Gasteiger partial charge is 0.125 e. The number of benzene rings is 14. The van der Waals surface area contributed by atoms with Gasteiger partial charge in [0, 0.05) is 126 Å². The molecule has 4 aromatic heterocycles. The Morgan fingerprint density at radius 1 is 0.211 bits per heavy atom. The van der Waals surface area contributed by atoms with E-state index < -0.39 is 0 Å². The maximum Gasteiger partial charge on any atom is 0.125 e. The predicted octanol–water partition coefficient (Wildman–Crippen LogP) is 22.4. The normalized spacial score (nSPS) is 10.4. The first-order chi connectivity index (χ1) is 54.3. The molecule has 0 fully saturated rings. The van der Waals surface area contributed by atoms with Gasteiger partial charge in [-0.3, -0.25) is 0 Å². The fraction of sp³-hybridized carbons (Fsp3) is 0.0417. The third-order valence-corrected chi connectivity index (χ3v) is 18.3. The number of aromatic nitrogens is 12. The maximum absolute atomic E-state index is 4.47. The molecule has 18 aromatic rings. The van der Waals surface area contributed by atoms with Crippen LogP contribution in [0.25, 0.3) is 90.6 Å². The van der Waals surface area contributed by atoms with E-state index in [0.29, 0.717) is 0 Å². The molecular formula is C96H74Ir4N14-4. The van der Waals surface area contributed by atoms with Gasteiger partial charge >= 0.3 is 0 Å². The van der Waals surface area contributed by atoms with Gasteiger partial charge in [-0.25, -0.2) is 0 Å². The quantitative estimate of drug-likeness (QED) is 0.0862. The Hall–Kier alpha value is -12.2. The Morgan fingerprint density at radius 3 is 0.816 bits per heavy atom. The molecule has 0 N–H and O–H groups in total. The van der Waals surface area contributed by atoms with Gasteiger partial charge in [0.05, 0.1) is 23.3 Å². The van der Waals surface area contributed by atoms with E-state index in [1.165, 1.54) is 11.1 Å².